The van der Waals surface area contributed by atoms with Crippen molar-refractivity contribution in [3.05, 3.63) is 123 Å². The molecule has 0 aliphatic carbocycles. The number of methoxy groups -OCH3 is 1. The predicted molar refractivity (Wildman–Crippen MR) is 161 cm³/mol. The highest BCUT2D eigenvalue weighted by Crippen LogP contribution is 2.31. The molecule has 8 heteroatoms. The van der Waals surface area contributed by atoms with Crippen LogP contribution in [0.4, 0.5) is 0 Å². The number of amides is 1. The van der Waals surface area contributed by atoms with Crippen LogP contribution in [0.15, 0.2) is 97.1 Å². The Balaban J connectivity index is 1.25. The van der Waals surface area contributed by atoms with E-state index in [4.69, 9.17) is 32.7 Å². The first kappa shape index (κ1) is 27.7. The van der Waals surface area contributed by atoms with Crippen LogP contribution in [0.5, 0.6) is 5.75 Å². The number of halogens is 2. The molecule has 5 nitrogen and oxygen atoms in total. The summed E-state index contributed by atoms with van der Waals surface area (Å²) in [5, 5.41) is 5.16. The lowest BCUT2D eigenvalue weighted by molar-refractivity contribution is -0.142. The summed E-state index contributed by atoms with van der Waals surface area (Å²) in [6, 6.07) is 29.6. The van der Waals surface area contributed by atoms with Crippen molar-refractivity contribution in [3.63, 3.8) is 0 Å². The fraction of sp³-hybridized carbons (Fsp3) is 0.125. The van der Waals surface area contributed by atoms with E-state index in [1.54, 1.807) is 0 Å². The highest BCUT2D eigenvalue weighted by atomic mass is 35.5. The lowest BCUT2D eigenvalue weighted by atomic mass is 10.0. The standard InChI is InChI=1S/C32H25Cl2NO4S/c1-38-32(37)28(16-20-4-14-27(15-5-20)39-19-21-2-10-25(33)11-3-21)35-31(36)30-18-24-7-6-23(17-29(24)40-30)22-8-12-26(34)13-9-22/h2-15,17-18,28H,16,19H2,1H3,(H,35,36)/t28-/m0/s1. The fourth-order valence-corrected chi connectivity index (χ4v) is 5.49. The minimum atomic E-state index is -0.840. The zero-order valence-electron chi connectivity index (χ0n) is 21.5. The average molecular weight is 591 g/mol. The second kappa shape index (κ2) is 12.6. The maximum absolute atomic E-state index is 13.2. The number of carbonyl (C=O) groups excluding carboxylic acids is 2. The van der Waals surface area contributed by atoms with E-state index >= 15 is 0 Å². The maximum atomic E-state index is 13.2. The van der Waals surface area contributed by atoms with Crippen molar-refractivity contribution in [1.29, 1.82) is 0 Å². The number of thiophene rings is 1. The number of esters is 1. The zero-order chi connectivity index (χ0) is 28.1. The summed E-state index contributed by atoms with van der Waals surface area (Å²) in [7, 11) is 1.31. The molecule has 0 spiro atoms. The van der Waals surface area contributed by atoms with Gasteiger partial charge in [-0.15, -0.1) is 11.3 Å². The SMILES string of the molecule is COC(=O)[C@H](Cc1ccc(OCc2ccc(Cl)cc2)cc1)NC(=O)c1cc2ccc(-c3ccc(Cl)cc3)cc2s1. The smallest absolute Gasteiger partial charge is 0.328 e. The van der Waals surface area contributed by atoms with Gasteiger partial charge in [-0.05, 0) is 76.2 Å². The van der Waals surface area contributed by atoms with Crippen LogP contribution in [0.25, 0.3) is 21.2 Å². The first-order valence-electron chi connectivity index (χ1n) is 12.5. The Hall–Kier alpha value is -3.84. The van der Waals surface area contributed by atoms with Crippen molar-refractivity contribution in [2.45, 2.75) is 19.1 Å². The molecule has 5 aromatic rings. The number of hydrogen-bond acceptors (Lipinski definition) is 5. The molecule has 0 saturated carbocycles. The molecule has 0 radical (unpaired) electrons. The first-order valence-corrected chi connectivity index (χ1v) is 14.1. The molecule has 0 aliphatic heterocycles. The Morgan fingerprint density at radius 2 is 1.43 bits per heavy atom. The Kier molecular flexibility index (Phi) is 8.70. The molecule has 0 unspecified atom stereocenters. The summed E-state index contributed by atoms with van der Waals surface area (Å²) in [6.07, 6.45) is 0.279. The number of nitrogens with one attached hydrogen (secondary N) is 1. The molecule has 1 N–H and O–H groups in total. The molecular formula is C32H25Cl2NO4S. The average Bonchev–Trinajstić information content (AvgIpc) is 3.41. The van der Waals surface area contributed by atoms with Crippen LogP contribution in [-0.2, 0) is 22.6 Å². The van der Waals surface area contributed by atoms with Gasteiger partial charge in [0.15, 0.2) is 0 Å². The van der Waals surface area contributed by atoms with E-state index in [1.807, 2.05) is 97.1 Å². The summed E-state index contributed by atoms with van der Waals surface area (Å²) in [4.78, 5) is 26.2. The van der Waals surface area contributed by atoms with Gasteiger partial charge in [-0.2, -0.15) is 0 Å². The van der Waals surface area contributed by atoms with Gasteiger partial charge in [-0.1, -0.05) is 71.7 Å². The molecule has 1 atom stereocenters. The van der Waals surface area contributed by atoms with E-state index in [0.29, 0.717) is 27.3 Å². The first-order chi connectivity index (χ1) is 19.4. The monoisotopic (exact) mass is 589 g/mol. The molecule has 0 saturated heterocycles. The molecular weight excluding hydrogens is 565 g/mol. The Morgan fingerprint density at radius 3 is 2.10 bits per heavy atom. The van der Waals surface area contributed by atoms with Crippen LogP contribution in [0, 0.1) is 0 Å². The summed E-state index contributed by atoms with van der Waals surface area (Å²) < 4.78 is 11.8. The highest BCUT2D eigenvalue weighted by molar-refractivity contribution is 7.20. The van der Waals surface area contributed by atoms with E-state index in [2.05, 4.69) is 5.32 Å². The third-order valence-corrected chi connectivity index (χ3v) is 7.99. The van der Waals surface area contributed by atoms with Crippen molar-refractivity contribution >= 4 is 56.5 Å². The number of hydrogen-bond donors (Lipinski definition) is 1. The summed E-state index contributed by atoms with van der Waals surface area (Å²) >= 11 is 13.3. The van der Waals surface area contributed by atoms with Gasteiger partial charge in [0.1, 0.15) is 18.4 Å². The summed E-state index contributed by atoms with van der Waals surface area (Å²) in [5.41, 5.74) is 3.94. The van der Waals surface area contributed by atoms with Crippen LogP contribution in [-0.4, -0.2) is 25.0 Å². The molecule has 1 aromatic heterocycles. The van der Waals surface area contributed by atoms with Gasteiger partial charge in [0.2, 0.25) is 0 Å². The van der Waals surface area contributed by atoms with Crippen LogP contribution in [0.3, 0.4) is 0 Å². The molecule has 0 bridgehead atoms. The van der Waals surface area contributed by atoms with Gasteiger partial charge in [0, 0.05) is 21.2 Å². The van der Waals surface area contributed by atoms with Gasteiger partial charge in [-0.3, -0.25) is 4.79 Å². The number of fused-ring (bicyclic) bond motifs is 1. The third-order valence-electron chi connectivity index (χ3n) is 6.39. The number of ether oxygens (including phenoxy) is 2. The minimum absolute atomic E-state index is 0.279. The molecule has 0 fully saturated rings. The van der Waals surface area contributed by atoms with Crippen LogP contribution in [0.1, 0.15) is 20.8 Å². The topological polar surface area (TPSA) is 64.6 Å². The largest absolute Gasteiger partial charge is 0.489 e. The van der Waals surface area contributed by atoms with Crippen molar-refractivity contribution in [1.82, 2.24) is 5.32 Å². The molecule has 5 rings (SSSR count). The normalized spacial score (nSPS) is 11.7. The molecule has 4 aromatic carbocycles. The summed E-state index contributed by atoms with van der Waals surface area (Å²) in [5.74, 6) is -0.143. The van der Waals surface area contributed by atoms with Gasteiger partial charge in [0.25, 0.3) is 5.91 Å². The molecule has 202 valence electrons. The second-order valence-electron chi connectivity index (χ2n) is 9.18. The maximum Gasteiger partial charge on any atom is 0.328 e. The van der Waals surface area contributed by atoms with Crippen molar-refractivity contribution in [2.75, 3.05) is 7.11 Å². The highest BCUT2D eigenvalue weighted by Gasteiger charge is 2.24. The predicted octanol–water partition coefficient (Wildman–Crippen LogP) is 7.97. The quantitative estimate of drug-likeness (QED) is 0.177. The summed E-state index contributed by atoms with van der Waals surface area (Å²) in [6.45, 7) is 0.410. The van der Waals surface area contributed by atoms with E-state index in [9.17, 15) is 9.59 Å². The van der Waals surface area contributed by atoms with Crippen molar-refractivity contribution in [2.24, 2.45) is 0 Å². The van der Waals surface area contributed by atoms with Gasteiger partial charge in [0.05, 0.1) is 12.0 Å². The Bertz CT molecular complexity index is 1630. The number of carbonyl (C=O) groups is 2. The number of benzene rings is 4. The second-order valence-corrected chi connectivity index (χ2v) is 11.1. The van der Waals surface area contributed by atoms with E-state index in [1.165, 1.54) is 18.4 Å². The van der Waals surface area contributed by atoms with Gasteiger partial charge >= 0.3 is 5.97 Å². The lowest BCUT2D eigenvalue weighted by Crippen LogP contribution is -2.42. The van der Waals surface area contributed by atoms with E-state index < -0.39 is 12.0 Å². The van der Waals surface area contributed by atoms with E-state index in [0.717, 1.165) is 32.3 Å². The number of rotatable bonds is 9. The lowest BCUT2D eigenvalue weighted by Gasteiger charge is -2.16. The third kappa shape index (κ3) is 6.83. The fourth-order valence-electron chi connectivity index (χ4n) is 4.23. The molecule has 1 heterocycles. The van der Waals surface area contributed by atoms with Gasteiger partial charge in [-0.25, -0.2) is 4.79 Å². The molecule has 0 aliphatic rings. The zero-order valence-corrected chi connectivity index (χ0v) is 23.9. The molecule has 40 heavy (non-hydrogen) atoms. The van der Waals surface area contributed by atoms with Crippen molar-refractivity contribution < 1.29 is 19.1 Å². The van der Waals surface area contributed by atoms with E-state index in [-0.39, 0.29) is 12.3 Å². The molecule has 1 amide bonds. The minimum Gasteiger partial charge on any atom is -0.489 e. The van der Waals surface area contributed by atoms with Crippen LogP contribution < -0.4 is 10.1 Å². The van der Waals surface area contributed by atoms with Crippen molar-refractivity contribution in [3.8, 4) is 16.9 Å². The van der Waals surface area contributed by atoms with Crippen LogP contribution >= 0.6 is 34.5 Å². The van der Waals surface area contributed by atoms with Crippen LogP contribution in [0.2, 0.25) is 10.0 Å². The Labute approximate surface area is 246 Å². The van der Waals surface area contributed by atoms with Gasteiger partial charge < -0.3 is 14.8 Å². The Morgan fingerprint density at radius 1 is 0.800 bits per heavy atom.